The van der Waals surface area contributed by atoms with E-state index in [-0.39, 0.29) is 23.5 Å². The number of hydrogen-bond acceptors (Lipinski definition) is 5. The van der Waals surface area contributed by atoms with E-state index in [2.05, 4.69) is 4.72 Å². The number of rotatable bonds is 8. The molecule has 0 saturated heterocycles. The van der Waals surface area contributed by atoms with Crippen LogP contribution in [0.15, 0.2) is 23.1 Å². The van der Waals surface area contributed by atoms with Gasteiger partial charge in [0.1, 0.15) is 16.4 Å². The molecule has 0 saturated carbocycles. The van der Waals surface area contributed by atoms with Gasteiger partial charge in [-0.25, -0.2) is 13.1 Å². The van der Waals surface area contributed by atoms with Gasteiger partial charge in [0.25, 0.3) is 0 Å². The van der Waals surface area contributed by atoms with E-state index in [9.17, 15) is 13.2 Å². The van der Waals surface area contributed by atoms with E-state index in [0.717, 1.165) is 0 Å². The van der Waals surface area contributed by atoms with Gasteiger partial charge in [0.05, 0.1) is 14.2 Å². The third-order valence-corrected chi connectivity index (χ3v) is 4.42. The molecule has 0 bridgehead atoms. The molecule has 0 amide bonds. The highest BCUT2D eigenvalue weighted by atomic mass is 32.2. The van der Waals surface area contributed by atoms with Gasteiger partial charge in [-0.3, -0.25) is 4.79 Å². The van der Waals surface area contributed by atoms with Crippen molar-refractivity contribution in [2.75, 3.05) is 14.2 Å². The number of carboxylic acid groups (broad SMARTS) is 1. The monoisotopic (exact) mass is 317 g/mol. The number of hydrogen-bond donors (Lipinski definition) is 2. The van der Waals surface area contributed by atoms with Gasteiger partial charge >= 0.3 is 5.97 Å². The standard InChI is InChI=1S/C13H19NO6S/c1-9(4-7-13(15)16)14-21(17,18)12-8-10(19-2)5-6-11(12)20-3/h5-6,8-9,14H,4,7H2,1-3H3,(H,15,16). The summed E-state index contributed by atoms with van der Waals surface area (Å²) in [6.07, 6.45) is 0.0831. The number of ether oxygens (including phenoxy) is 2. The summed E-state index contributed by atoms with van der Waals surface area (Å²) >= 11 is 0. The van der Waals surface area contributed by atoms with Gasteiger partial charge in [-0.05, 0) is 25.5 Å². The predicted octanol–water partition coefficient (Wildman–Crippen LogP) is 1.24. The van der Waals surface area contributed by atoms with Crippen LogP contribution in [0.25, 0.3) is 0 Å². The number of sulfonamides is 1. The Morgan fingerprint density at radius 3 is 2.52 bits per heavy atom. The predicted molar refractivity (Wildman–Crippen MR) is 76.2 cm³/mol. The zero-order valence-corrected chi connectivity index (χ0v) is 12.9. The second-order valence-electron chi connectivity index (χ2n) is 4.47. The number of aliphatic carboxylic acids is 1. The highest BCUT2D eigenvalue weighted by Gasteiger charge is 2.22. The molecule has 0 aliphatic heterocycles. The molecule has 8 heteroatoms. The van der Waals surface area contributed by atoms with Crippen LogP contribution < -0.4 is 14.2 Å². The molecule has 7 nitrogen and oxygen atoms in total. The van der Waals surface area contributed by atoms with Crippen molar-refractivity contribution in [3.05, 3.63) is 18.2 Å². The Morgan fingerprint density at radius 1 is 1.33 bits per heavy atom. The molecule has 0 aliphatic carbocycles. The minimum Gasteiger partial charge on any atom is -0.497 e. The molecule has 0 heterocycles. The number of benzene rings is 1. The summed E-state index contributed by atoms with van der Waals surface area (Å²) < 4.78 is 37.2. The Balaban J connectivity index is 2.98. The van der Waals surface area contributed by atoms with E-state index in [1.54, 1.807) is 13.0 Å². The molecule has 2 N–H and O–H groups in total. The van der Waals surface area contributed by atoms with Crippen LogP contribution in [0.4, 0.5) is 0 Å². The molecule has 21 heavy (non-hydrogen) atoms. The van der Waals surface area contributed by atoms with Crippen molar-refractivity contribution in [2.45, 2.75) is 30.7 Å². The lowest BCUT2D eigenvalue weighted by atomic mass is 10.2. The van der Waals surface area contributed by atoms with Crippen molar-refractivity contribution in [1.29, 1.82) is 0 Å². The Hall–Kier alpha value is -1.80. The molecular formula is C13H19NO6S. The quantitative estimate of drug-likeness (QED) is 0.748. The fourth-order valence-electron chi connectivity index (χ4n) is 1.72. The second-order valence-corrected chi connectivity index (χ2v) is 6.15. The van der Waals surface area contributed by atoms with Gasteiger partial charge in [0.15, 0.2) is 0 Å². The summed E-state index contributed by atoms with van der Waals surface area (Å²) in [4.78, 5) is 10.5. The average molecular weight is 317 g/mol. The third kappa shape index (κ3) is 4.91. The van der Waals surface area contributed by atoms with Crippen LogP contribution in [0.1, 0.15) is 19.8 Å². The molecule has 0 fully saturated rings. The summed E-state index contributed by atoms with van der Waals surface area (Å²) in [5, 5.41) is 8.61. The molecule has 118 valence electrons. The zero-order valence-electron chi connectivity index (χ0n) is 12.1. The fraction of sp³-hybridized carbons (Fsp3) is 0.462. The minimum absolute atomic E-state index is 0.0495. The molecule has 1 rings (SSSR count). The first-order chi connectivity index (χ1) is 9.80. The molecule has 0 spiro atoms. The molecule has 1 unspecified atom stereocenters. The van der Waals surface area contributed by atoms with Gasteiger partial charge in [-0.15, -0.1) is 0 Å². The van der Waals surface area contributed by atoms with Crippen molar-refractivity contribution in [2.24, 2.45) is 0 Å². The second kappa shape index (κ2) is 7.28. The maximum atomic E-state index is 12.3. The van der Waals surface area contributed by atoms with Crippen LogP contribution in [0.5, 0.6) is 11.5 Å². The topological polar surface area (TPSA) is 102 Å². The highest BCUT2D eigenvalue weighted by Crippen LogP contribution is 2.28. The van der Waals surface area contributed by atoms with E-state index in [1.807, 2.05) is 0 Å². The van der Waals surface area contributed by atoms with Crippen molar-refractivity contribution in [1.82, 2.24) is 4.72 Å². The van der Waals surface area contributed by atoms with E-state index in [4.69, 9.17) is 14.6 Å². The van der Waals surface area contributed by atoms with E-state index in [0.29, 0.717) is 5.75 Å². The van der Waals surface area contributed by atoms with Gasteiger partial charge < -0.3 is 14.6 Å². The van der Waals surface area contributed by atoms with Crippen LogP contribution in [-0.4, -0.2) is 39.8 Å². The molecule has 0 aliphatic rings. The molecule has 1 aromatic rings. The molecule has 1 atom stereocenters. The molecule has 1 aromatic carbocycles. The highest BCUT2D eigenvalue weighted by molar-refractivity contribution is 7.89. The normalized spacial score (nSPS) is 12.7. The summed E-state index contributed by atoms with van der Waals surface area (Å²) in [6, 6.07) is 3.92. The van der Waals surface area contributed by atoms with Gasteiger partial charge in [-0.2, -0.15) is 0 Å². The molecule has 0 aromatic heterocycles. The maximum absolute atomic E-state index is 12.3. The van der Waals surface area contributed by atoms with Crippen molar-refractivity contribution < 1.29 is 27.8 Å². The largest absolute Gasteiger partial charge is 0.497 e. The van der Waals surface area contributed by atoms with Crippen LogP contribution in [0.3, 0.4) is 0 Å². The van der Waals surface area contributed by atoms with Gasteiger partial charge in [0.2, 0.25) is 10.0 Å². The first-order valence-corrected chi connectivity index (χ1v) is 7.74. The van der Waals surface area contributed by atoms with Crippen LogP contribution >= 0.6 is 0 Å². The van der Waals surface area contributed by atoms with Crippen molar-refractivity contribution >= 4 is 16.0 Å². The first kappa shape index (κ1) is 17.3. The summed E-state index contributed by atoms with van der Waals surface area (Å²) in [5.74, 6) is -0.400. The van der Waals surface area contributed by atoms with Crippen LogP contribution in [0.2, 0.25) is 0 Å². The zero-order chi connectivity index (χ0) is 16.0. The summed E-state index contributed by atoms with van der Waals surface area (Å²) in [5.41, 5.74) is 0. The van der Waals surface area contributed by atoms with Crippen LogP contribution in [0, 0.1) is 0 Å². The Morgan fingerprint density at radius 2 is 2.00 bits per heavy atom. The van der Waals surface area contributed by atoms with E-state index in [1.165, 1.54) is 26.4 Å². The Kier molecular flexibility index (Phi) is 5.98. The van der Waals surface area contributed by atoms with Crippen molar-refractivity contribution in [3.63, 3.8) is 0 Å². The molecular weight excluding hydrogens is 298 g/mol. The molecule has 0 radical (unpaired) electrons. The lowest BCUT2D eigenvalue weighted by Gasteiger charge is -2.16. The smallest absolute Gasteiger partial charge is 0.303 e. The third-order valence-electron chi connectivity index (χ3n) is 2.81. The van der Waals surface area contributed by atoms with E-state index >= 15 is 0 Å². The minimum atomic E-state index is -3.83. The van der Waals surface area contributed by atoms with Crippen molar-refractivity contribution in [3.8, 4) is 11.5 Å². The van der Waals surface area contributed by atoms with Crippen LogP contribution in [-0.2, 0) is 14.8 Å². The fourth-order valence-corrected chi connectivity index (χ4v) is 3.18. The Labute approximate surface area is 123 Å². The first-order valence-electron chi connectivity index (χ1n) is 6.26. The maximum Gasteiger partial charge on any atom is 0.303 e. The summed E-state index contributed by atoms with van der Waals surface area (Å²) in [6.45, 7) is 1.60. The number of carbonyl (C=O) groups is 1. The SMILES string of the molecule is COc1ccc(OC)c(S(=O)(=O)NC(C)CCC(=O)O)c1. The number of carboxylic acids is 1. The van der Waals surface area contributed by atoms with Gasteiger partial charge in [-0.1, -0.05) is 0 Å². The lowest BCUT2D eigenvalue weighted by Crippen LogP contribution is -2.33. The number of nitrogens with one attached hydrogen (secondary N) is 1. The van der Waals surface area contributed by atoms with Gasteiger partial charge in [0, 0.05) is 18.5 Å². The van der Waals surface area contributed by atoms with E-state index < -0.39 is 22.0 Å². The average Bonchev–Trinajstić information content (AvgIpc) is 2.44. The Bertz CT molecular complexity index is 599. The lowest BCUT2D eigenvalue weighted by molar-refractivity contribution is -0.137. The number of methoxy groups -OCH3 is 2. The summed E-state index contributed by atoms with van der Waals surface area (Å²) in [7, 11) is -1.03.